The first kappa shape index (κ1) is 20.3. The number of urea groups is 1. The summed E-state index contributed by atoms with van der Waals surface area (Å²) in [5.74, 6) is -0.277. The van der Waals surface area contributed by atoms with Crippen molar-refractivity contribution in [2.45, 2.75) is 45.8 Å². The number of piperidine rings is 1. The van der Waals surface area contributed by atoms with E-state index in [2.05, 4.69) is 28.4 Å². The summed E-state index contributed by atoms with van der Waals surface area (Å²) < 4.78 is 13.4. The Labute approximate surface area is 167 Å². The first-order chi connectivity index (χ1) is 13.7. The minimum atomic E-state index is -0.277. The molecule has 2 aromatic rings. The minimum Gasteiger partial charge on any atom is -0.334 e. The Balaban J connectivity index is 1.58. The fourth-order valence-electron chi connectivity index (χ4n) is 3.71. The van der Waals surface area contributed by atoms with E-state index in [0.29, 0.717) is 19.6 Å². The quantitative estimate of drug-likeness (QED) is 0.762. The highest BCUT2D eigenvalue weighted by Gasteiger charge is 2.15. The minimum absolute atomic E-state index is 0.125. The van der Waals surface area contributed by atoms with Crippen LogP contribution in [0.1, 0.15) is 42.9 Å². The van der Waals surface area contributed by atoms with Gasteiger partial charge in [0.15, 0.2) is 0 Å². The maximum atomic E-state index is 13.4. The van der Waals surface area contributed by atoms with Gasteiger partial charge in [-0.15, -0.1) is 0 Å². The molecule has 0 aromatic heterocycles. The van der Waals surface area contributed by atoms with Crippen LogP contribution in [-0.2, 0) is 19.6 Å². The molecule has 1 fully saturated rings. The molecule has 0 aliphatic carbocycles. The number of hydrogen-bond acceptors (Lipinski definition) is 2. The molecule has 2 aromatic carbocycles. The van der Waals surface area contributed by atoms with Gasteiger partial charge in [-0.1, -0.05) is 42.8 Å². The largest absolute Gasteiger partial charge is 0.334 e. The molecule has 3 rings (SSSR count). The molecule has 1 saturated heterocycles. The Morgan fingerprint density at radius 1 is 1.07 bits per heavy atom. The number of rotatable bonds is 7. The summed E-state index contributed by atoms with van der Waals surface area (Å²) >= 11 is 0. The summed E-state index contributed by atoms with van der Waals surface area (Å²) in [5, 5.41) is 3.04. The summed E-state index contributed by atoms with van der Waals surface area (Å²) in [6.45, 7) is 6.64. The maximum Gasteiger partial charge on any atom is 0.317 e. The number of likely N-dealkylation sites (tertiary alicyclic amines) is 1. The number of carbonyl (C=O) groups excluding carboxylic acids is 1. The SMILES string of the molecule is CCN(Cc1cccc(F)c1)C(=O)NCc1ccccc1CN1CCCCC1. The molecule has 150 valence electrons. The molecule has 0 saturated carbocycles. The van der Waals surface area contributed by atoms with Gasteiger partial charge in [0.2, 0.25) is 0 Å². The second-order valence-electron chi connectivity index (χ2n) is 7.41. The maximum absolute atomic E-state index is 13.4. The molecular weight excluding hydrogens is 353 g/mol. The highest BCUT2D eigenvalue weighted by molar-refractivity contribution is 5.74. The van der Waals surface area contributed by atoms with Crippen LogP contribution >= 0.6 is 0 Å². The number of carbonyl (C=O) groups is 1. The summed E-state index contributed by atoms with van der Waals surface area (Å²) in [6.07, 6.45) is 3.86. The van der Waals surface area contributed by atoms with Gasteiger partial charge < -0.3 is 10.2 Å². The Kier molecular flexibility index (Phi) is 7.43. The highest BCUT2D eigenvalue weighted by Crippen LogP contribution is 2.16. The summed E-state index contributed by atoms with van der Waals surface area (Å²) in [5.41, 5.74) is 3.23. The van der Waals surface area contributed by atoms with Gasteiger partial charge >= 0.3 is 6.03 Å². The van der Waals surface area contributed by atoms with Gasteiger partial charge in [-0.05, 0) is 61.7 Å². The van der Waals surface area contributed by atoms with Crippen LogP contribution in [-0.4, -0.2) is 35.5 Å². The first-order valence-electron chi connectivity index (χ1n) is 10.2. The lowest BCUT2D eigenvalue weighted by atomic mass is 10.0. The number of nitrogens with zero attached hydrogens (tertiary/aromatic N) is 2. The van der Waals surface area contributed by atoms with E-state index in [1.54, 1.807) is 11.0 Å². The van der Waals surface area contributed by atoms with Crippen molar-refractivity contribution in [3.63, 3.8) is 0 Å². The highest BCUT2D eigenvalue weighted by atomic mass is 19.1. The second-order valence-corrected chi connectivity index (χ2v) is 7.41. The average Bonchev–Trinajstić information content (AvgIpc) is 2.72. The molecule has 28 heavy (non-hydrogen) atoms. The standard InChI is InChI=1S/C23H30FN3O/c1-2-27(17-19-9-8-12-22(24)15-19)23(28)25-16-20-10-4-5-11-21(20)18-26-13-6-3-7-14-26/h4-5,8-12,15H,2-3,6-7,13-14,16-18H2,1H3,(H,25,28). The number of amides is 2. The monoisotopic (exact) mass is 383 g/mol. The third-order valence-electron chi connectivity index (χ3n) is 5.32. The van der Waals surface area contributed by atoms with Crippen LogP contribution in [0.2, 0.25) is 0 Å². The van der Waals surface area contributed by atoms with Crippen LogP contribution in [0.3, 0.4) is 0 Å². The van der Waals surface area contributed by atoms with Gasteiger partial charge in [0.05, 0.1) is 0 Å². The predicted octanol–water partition coefficient (Wildman–Crippen LogP) is 4.54. The van der Waals surface area contributed by atoms with Crippen molar-refractivity contribution < 1.29 is 9.18 Å². The molecule has 4 nitrogen and oxygen atoms in total. The lowest BCUT2D eigenvalue weighted by Crippen LogP contribution is -2.39. The lowest BCUT2D eigenvalue weighted by Gasteiger charge is -2.27. The zero-order chi connectivity index (χ0) is 19.8. The van der Waals surface area contributed by atoms with E-state index in [9.17, 15) is 9.18 Å². The zero-order valence-electron chi connectivity index (χ0n) is 16.7. The van der Waals surface area contributed by atoms with Gasteiger partial charge in [0.1, 0.15) is 5.82 Å². The normalized spacial score (nSPS) is 14.6. The molecule has 1 aliphatic rings. The van der Waals surface area contributed by atoms with Gasteiger partial charge in [0, 0.05) is 26.2 Å². The molecule has 0 bridgehead atoms. The van der Waals surface area contributed by atoms with E-state index in [0.717, 1.165) is 30.8 Å². The van der Waals surface area contributed by atoms with Gasteiger partial charge in [-0.25, -0.2) is 9.18 Å². The zero-order valence-corrected chi connectivity index (χ0v) is 16.7. The first-order valence-corrected chi connectivity index (χ1v) is 10.2. The van der Waals surface area contributed by atoms with Crippen molar-refractivity contribution in [2.75, 3.05) is 19.6 Å². The van der Waals surface area contributed by atoms with Gasteiger partial charge in [-0.3, -0.25) is 4.90 Å². The molecule has 0 radical (unpaired) electrons. The van der Waals surface area contributed by atoms with Crippen molar-refractivity contribution in [1.82, 2.24) is 15.1 Å². The van der Waals surface area contributed by atoms with Crippen LogP contribution in [0.15, 0.2) is 48.5 Å². The number of benzene rings is 2. The third kappa shape index (κ3) is 5.80. The number of halogens is 1. The molecule has 0 atom stereocenters. The Morgan fingerprint density at radius 2 is 1.82 bits per heavy atom. The molecular formula is C23H30FN3O. The molecule has 1 aliphatic heterocycles. The summed E-state index contributed by atoms with van der Waals surface area (Å²) in [7, 11) is 0. The summed E-state index contributed by atoms with van der Waals surface area (Å²) in [4.78, 5) is 16.8. The molecule has 1 N–H and O–H groups in total. The molecule has 5 heteroatoms. The van der Waals surface area contributed by atoms with Crippen molar-refractivity contribution in [3.8, 4) is 0 Å². The second kappa shape index (κ2) is 10.2. The van der Waals surface area contributed by atoms with E-state index in [1.165, 1.54) is 37.0 Å². The molecule has 2 amide bonds. The Hall–Kier alpha value is -2.40. The summed E-state index contributed by atoms with van der Waals surface area (Å²) in [6, 6.07) is 14.6. The molecule has 0 unspecified atom stereocenters. The topological polar surface area (TPSA) is 35.6 Å². The fraction of sp³-hybridized carbons (Fsp3) is 0.435. The van der Waals surface area contributed by atoms with Crippen LogP contribution in [0.25, 0.3) is 0 Å². The van der Waals surface area contributed by atoms with Gasteiger partial charge in [-0.2, -0.15) is 0 Å². The van der Waals surface area contributed by atoms with E-state index in [4.69, 9.17) is 0 Å². The van der Waals surface area contributed by atoms with Crippen molar-refractivity contribution in [1.29, 1.82) is 0 Å². The number of nitrogens with one attached hydrogen (secondary N) is 1. The lowest BCUT2D eigenvalue weighted by molar-refractivity contribution is 0.197. The van der Waals surface area contributed by atoms with E-state index >= 15 is 0 Å². The van der Waals surface area contributed by atoms with Crippen LogP contribution < -0.4 is 5.32 Å². The third-order valence-corrected chi connectivity index (χ3v) is 5.32. The Morgan fingerprint density at radius 3 is 2.54 bits per heavy atom. The average molecular weight is 384 g/mol. The van der Waals surface area contributed by atoms with Crippen molar-refractivity contribution in [3.05, 3.63) is 71.0 Å². The van der Waals surface area contributed by atoms with Crippen LogP contribution in [0, 0.1) is 5.82 Å². The van der Waals surface area contributed by atoms with E-state index < -0.39 is 0 Å². The van der Waals surface area contributed by atoms with Crippen LogP contribution in [0.5, 0.6) is 0 Å². The fourth-order valence-corrected chi connectivity index (χ4v) is 3.71. The van der Waals surface area contributed by atoms with E-state index in [-0.39, 0.29) is 11.8 Å². The Bertz CT molecular complexity index is 774. The van der Waals surface area contributed by atoms with Crippen LogP contribution in [0.4, 0.5) is 9.18 Å². The molecule has 0 spiro atoms. The predicted molar refractivity (Wildman–Crippen MR) is 110 cm³/mol. The van der Waals surface area contributed by atoms with Crippen molar-refractivity contribution >= 4 is 6.03 Å². The smallest absolute Gasteiger partial charge is 0.317 e. The van der Waals surface area contributed by atoms with Crippen molar-refractivity contribution in [2.24, 2.45) is 0 Å². The number of hydrogen-bond donors (Lipinski definition) is 1. The van der Waals surface area contributed by atoms with Gasteiger partial charge in [0.25, 0.3) is 0 Å². The molecule has 1 heterocycles. The van der Waals surface area contributed by atoms with E-state index in [1.807, 2.05) is 19.1 Å².